The molecule has 3 aromatic rings. The molecule has 0 aliphatic carbocycles. The van der Waals surface area contributed by atoms with Crippen LogP contribution < -0.4 is 0 Å². The summed E-state index contributed by atoms with van der Waals surface area (Å²) in [7, 11) is 0. The number of carbonyl (C=O) groups is 1. The highest BCUT2D eigenvalue weighted by Gasteiger charge is 2.00. The van der Waals surface area contributed by atoms with E-state index in [9.17, 15) is 0 Å². The van der Waals surface area contributed by atoms with Crippen LogP contribution in [0, 0.1) is 0 Å². The molecule has 0 fully saturated rings. The molecule has 0 radical (unpaired) electrons. The fourth-order valence-corrected chi connectivity index (χ4v) is 1.83. The maximum absolute atomic E-state index is 9.09. The molecule has 1 heterocycles. The first-order chi connectivity index (χ1) is 8.86. The third kappa shape index (κ3) is 2.37. The van der Waals surface area contributed by atoms with E-state index in [1.807, 2.05) is 0 Å². The Kier molecular flexibility index (Phi) is 3.69. The summed E-state index contributed by atoms with van der Waals surface area (Å²) in [6, 6.07) is 16.8. The average Bonchev–Trinajstić information content (AvgIpc) is 2.79. The van der Waals surface area contributed by atoms with Crippen molar-refractivity contribution in [2.24, 2.45) is 0 Å². The maximum Gasteiger partial charge on any atom is 0.153 e. The summed E-state index contributed by atoms with van der Waals surface area (Å²) in [5.74, 6) is 1.27. The number of benzene rings is 2. The van der Waals surface area contributed by atoms with Crippen LogP contribution in [-0.2, 0) is 9.59 Å². The Hall–Kier alpha value is -2.64. The molecular weight excluding hydrogens is 226 g/mol. The first-order valence-electron chi connectivity index (χ1n) is 5.47. The summed E-state index contributed by atoms with van der Waals surface area (Å²) < 4.78 is 0. The van der Waals surface area contributed by atoms with Crippen LogP contribution in [0.1, 0.15) is 0 Å². The minimum absolute atomic E-state index is 0.382. The summed E-state index contributed by atoms with van der Waals surface area (Å²) in [6.45, 7) is 0. The van der Waals surface area contributed by atoms with Crippen molar-refractivity contribution in [2.75, 3.05) is 0 Å². The number of H-pyrrole nitrogens is 1. The van der Waals surface area contributed by atoms with Crippen molar-refractivity contribution in [3.8, 4) is 0 Å². The van der Waals surface area contributed by atoms with Gasteiger partial charge in [0.05, 0.1) is 6.08 Å². The van der Waals surface area contributed by atoms with Gasteiger partial charge in [-0.05, 0) is 12.1 Å². The van der Waals surface area contributed by atoms with Crippen molar-refractivity contribution in [2.45, 2.75) is 0 Å². The largest absolute Gasteiger partial charge is 0.355 e. The number of nitrogens with one attached hydrogen (secondary N) is 1. The van der Waals surface area contributed by atoms with Crippen molar-refractivity contribution < 1.29 is 9.59 Å². The van der Waals surface area contributed by atoms with Gasteiger partial charge in [0, 0.05) is 21.8 Å². The minimum atomic E-state index is 0.382. The highest BCUT2D eigenvalue weighted by atomic mass is 16.1. The Labute approximate surface area is 104 Å². The van der Waals surface area contributed by atoms with Crippen LogP contribution in [0.5, 0.6) is 0 Å². The number of hydrogen-bond acceptors (Lipinski definition) is 2. The number of aromatic nitrogens is 1. The van der Waals surface area contributed by atoms with Gasteiger partial charge in [0.1, 0.15) is 5.94 Å². The molecule has 0 bridgehead atoms. The van der Waals surface area contributed by atoms with Crippen LogP contribution in [0.3, 0.4) is 0 Å². The van der Waals surface area contributed by atoms with Gasteiger partial charge in [-0.25, -0.2) is 4.79 Å². The van der Waals surface area contributed by atoms with Gasteiger partial charge in [-0.1, -0.05) is 36.4 Å². The van der Waals surface area contributed by atoms with Crippen molar-refractivity contribution in [3.63, 3.8) is 0 Å². The van der Waals surface area contributed by atoms with Crippen LogP contribution in [0.2, 0.25) is 0 Å². The van der Waals surface area contributed by atoms with E-state index in [0.717, 1.165) is 6.08 Å². The lowest BCUT2D eigenvalue weighted by Crippen LogP contribution is -1.62. The van der Waals surface area contributed by atoms with Crippen molar-refractivity contribution in [1.82, 2.24) is 4.98 Å². The van der Waals surface area contributed by atoms with E-state index in [4.69, 9.17) is 9.59 Å². The molecule has 18 heavy (non-hydrogen) atoms. The molecular formula is C15H11NO2. The van der Waals surface area contributed by atoms with E-state index < -0.39 is 0 Å². The molecule has 1 aromatic heterocycles. The zero-order chi connectivity index (χ0) is 12.8. The molecule has 3 heteroatoms. The predicted molar refractivity (Wildman–Crippen MR) is 72.1 cm³/mol. The normalized spacial score (nSPS) is 9.33. The van der Waals surface area contributed by atoms with E-state index in [1.165, 1.54) is 27.7 Å². The number of aromatic amines is 1. The van der Waals surface area contributed by atoms with Gasteiger partial charge < -0.3 is 4.98 Å². The number of aldehydes is 1. The van der Waals surface area contributed by atoms with Crippen molar-refractivity contribution in [3.05, 3.63) is 54.6 Å². The molecule has 3 rings (SSSR count). The van der Waals surface area contributed by atoms with Crippen LogP contribution in [0.15, 0.2) is 54.6 Å². The molecule has 0 aliphatic heterocycles. The number of hydrogen-bond donors (Lipinski definition) is 1. The fraction of sp³-hybridized carbons (Fsp3) is 0. The number of carbonyl (C=O) groups excluding carboxylic acids is 2. The molecule has 0 amide bonds. The third-order valence-corrected chi connectivity index (χ3v) is 2.55. The second-order valence-electron chi connectivity index (χ2n) is 3.64. The summed E-state index contributed by atoms with van der Waals surface area (Å²) in [4.78, 5) is 21.5. The van der Waals surface area contributed by atoms with E-state index in [0.29, 0.717) is 6.29 Å². The van der Waals surface area contributed by atoms with E-state index in [2.05, 4.69) is 53.5 Å². The molecule has 0 saturated heterocycles. The van der Waals surface area contributed by atoms with Gasteiger partial charge in [0.25, 0.3) is 0 Å². The first-order valence-corrected chi connectivity index (χ1v) is 5.47. The van der Waals surface area contributed by atoms with Crippen LogP contribution in [-0.4, -0.2) is 17.2 Å². The second-order valence-corrected chi connectivity index (χ2v) is 3.64. The van der Waals surface area contributed by atoms with Crippen LogP contribution >= 0.6 is 0 Å². The van der Waals surface area contributed by atoms with Gasteiger partial charge in [0.15, 0.2) is 6.29 Å². The monoisotopic (exact) mass is 237 g/mol. The first kappa shape index (κ1) is 11.8. The molecule has 0 saturated carbocycles. The van der Waals surface area contributed by atoms with Gasteiger partial charge in [-0.2, -0.15) is 0 Å². The number of rotatable bonds is 1. The number of allylic oxidation sites excluding steroid dienone is 1. The lowest BCUT2D eigenvalue weighted by Gasteiger charge is -1.87. The van der Waals surface area contributed by atoms with Crippen LogP contribution in [0.25, 0.3) is 21.8 Å². The predicted octanol–water partition coefficient (Wildman–Crippen LogP) is 2.89. The molecule has 88 valence electrons. The van der Waals surface area contributed by atoms with E-state index >= 15 is 0 Å². The molecule has 1 N–H and O–H groups in total. The topological polar surface area (TPSA) is 49.9 Å². The number of fused-ring (bicyclic) bond motifs is 3. The van der Waals surface area contributed by atoms with Gasteiger partial charge in [-0.3, -0.25) is 4.79 Å². The van der Waals surface area contributed by atoms with E-state index in [-0.39, 0.29) is 0 Å². The van der Waals surface area contributed by atoms with Gasteiger partial charge in [0.2, 0.25) is 0 Å². The molecule has 0 spiro atoms. The SMILES string of the molecule is O=C=CC=O.c1ccc2c(c1)[nH]c1ccccc12. The highest BCUT2D eigenvalue weighted by molar-refractivity contribution is 6.06. The Morgan fingerprint density at radius 3 is 1.78 bits per heavy atom. The van der Waals surface area contributed by atoms with Crippen molar-refractivity contribution >= 4 is 34.0 Å². The highest BCUT2D eigenvalue weighted by Crippen LogP contribution is 2.24. The molecule has 2 aromatic carbocycles. The smallest absolute Gasteiger partial charge is 0.153 e. The maximum atomic E-state index is 9.09. The summed E-state index contributed by atoms with van der Waals surface area (Å²) in [6.07, 6.45) is 1.15. The van der Waals surface area contributed by atoms with Gasteiger partial charge in [-0.15, -0.1) is 0 Å². The van der Waals surface area contributed by atoms with E-state index in [1.54, 1.807) is 0 Å². The Morgan fingerprint density at radius 2 is 1.39 bits per heavy atom. The molecule has 0 atom stereocenters. The Bertz CT molecular complexity index is 671. The molecule has 0 unspecified atom stereocenters. The lowest BCUT2D eigenvalue weighted by molar-refractivity contribution is -0.104. The second kappa shape index (κ2) is 5.62. The molecule has 3 nitrogen and oxygen atoms in total. The minimum Gasteiger partial charge on any atom is -0.355 e. The summed E-state index contributed by atoms with van der Waals surface area (Å²) in [5.41, 5.74) is 2.42. The Balaban J connectivity index is 0.000000209. The van der Waals surface area contributed by atoms with Gasteiger partial charge >= 0.3 is 0 Å². The zero-order valence-corrected chi connectivity index (χ0v) is 9.59. The summed E-state index contributed by atoms with van der Waals surface area (Å²) in [5, 5.41) is 2.61. The van der Waals surface area contributed by atoms with Crippen LogP contribution in [0.4, 0.5) is 0 Å². The fourth-order valence-electron chi connectivity index (χ4n) is 1.83. The lowest BCUT2D eigenvalue weighted by atomic mass is 10.2. The molecule has 0 aliphatic rings. The standard InChI is InChI=1S/C12H9N.C3H2O2/c1-3-7-11-9(5-1)10-6-2-4-8-12(10)13-11;4-2-1-3-5/h1-8,13H;1-2H. The number of para-hydroxylation sites is 2. The van der Waals surface area contributed by atoms with Crippen molar-refractivity contribution in [1.29, 1.82) is 0 Å². The zero-order valence-electron chi connectivity index (χ0n) is 9.59. The average molecular weight is 237 g/mol. The Morgan fingerprint density at radius 1 is 0.889 bits per heavy atom. The summed E-state index contributed by atoms with van der Waals surface area (Å²) >= 11 is 0. The third-order valence-electron chi connectivity index (χ3n) is 2.55. The quantitative estimate of drug-likeness (QED) is 0.402.